The van der Waals surface area contributed by atoms with Crippen molar-refractivity contribution in [1.82, 2.24) is 10.2 Å². The molecule has 1 N–H and O–H groups in total. The molecule has 0 radical (unpaired) electrons. The Morgan fingerprint density at radius 3 is 2.65 bits per heavy atom. The number of rotatable bonds is 4. The van der Waals surface area contributed by atoms with E-state index in [0.29, 0.717) is 25.3 Å². The van der Waals surface area contributed by atoms with Gasteiger partial charge in [0.15, 0.2) is 6.10 Å². The van der Waals surface area contributed by atoms with E-state index >= 15 is 0 Å². The number of halogens is 3. The van der Waals surface area contributed by atoms with Gasteiger partial charge in [0.2, 0.25) is 0 Å². The molecule has 144 valence electrons. The second kappa shape index (κ2) is 8.37. The summed E-state index contributed by atoms with van der Waals surface area (Å²) in [6.07, 6.45) is -3.35. The van der Waals surface area contributed by atoms with Crippen LogP contribution in [0.3, 0.4) is 0 Å². The minimum Gasteiger partial charge on any atom is -0.376 e. The number of hydrogen-bond acceptors (Lipinski definition) is 4. The van der Waals surface area contributed by atoms with Crippen LogP contribution < -0.4 is 5.32 Å². The standard InChI is InChI=1S/C18H23F3N2O3/c19-18(20,21)14-3-1-2-13(10-14)11-23-6-4-15(5-7-23)22-17(24)16-12-25-8-9-26-16/h1-3,10,15-16H,4-9,11-12H2,(H,22,24). The number of nitrogens with one attached hydrogen (secondary N) is 1. The molecule has 2 fully saturated rings. The fourth-order valence-electron chi connectivity index (χ4n) is 3.27. The molecular weight excluding hydrogens is 349 g/mol. The van der Waals surface area contributed by atoms with Crippen LogP contribution in [0.2, 0.25) is 0 Å². The normalized spacial score (nSPS) is 23.0. The van der Waals surface area contributed by atoms with E-state index in [-0.39, 0.29) is 18.6 Å². The lowest BCUT2D eigenvalue weighted by atomic mass is 10.0. The van der Waals surface area contributed by atoms with Crippen molar-refractivity contribution >= 4 is 5.91 Å². The molecule has 0 spiro atoms. The Morgan fingerprint density at radius 1 is 1.23 bits per heavy atom. The van der Waals surface area contributed by atoms with E-state index in [1.54, 1.807) is 6.07 Å². The Kier molecular flexibility index (Phi) is 6.16. The van der Waals surface area contributed by atoms with Crippen LogP contribution in [0.4, 0.5) is 13.2 Å². The fourth-order valence-corrected chi connectivity index (χ4v) is 3.27. The minimum atomic E-state index is -4.32. The third kappa shape index (κ3) is 5.18. The van der Waals surface area contributed by atoms with Gasteiger partial charge >= 0.3 is 6.18 Å². The zero-order valence-corrected chi connectivity index (χ0v) is 14.4. The highest BCUT2D eigenvalue weighted by Gasteiger charge is 2.31. The molecular formula is C18H23F3N2O3. The number of carbonyl (C=O) groups is 1. The maximum Gasteiger partial charge on any atom is 0.416 e. The van der Waals surface area contributed by atoms with E-state index in [0.717, 1.165) is 32.0 Å². The Hall–Kier alpha value is -1.64. The van der Waals surface area contributed by atoms with Crippen molar-refractivity contribution < 1.29 is 27.4 Å². The maximum atomic E-state index is 12.8. The van der Waals surface area contributed by atoms with Crippen molar-refractivity contribution in [3.8, 4) is 0 Å². The highest BCUT2D eigenvalue weighted by molar-refractivity contribution is 5.81. The Labute approximate surface area is 150 Å². The molecule has 26 heavy (non-hydrogen) atoms. The van der Waals surface area contributed by atoms with Crippen LogP contribution in [0.25, 0.3) is 0 Å². The first-order chi connectivity index (χ1) is 12.4. The van der Waals surface area contributed by atoms with E-state index in [2.05, 4.69) is 10.2 Å². The first-order valence-electron chi connectivity index (χ1n) is 8.80. The summed E-state index contributed by atoms with van der Waals surface area (Å²) in [7, 11) is 0. The lowest BCUT2D eigenvalue weighted by Gasteiger charge is -2.33. The van der Waals surface area contributed by atoms with Gasteiger partial charge in [0.25, 0.3) is 5.91 Å². The van der Waals surface area contributed by atoms with E-state index in [1.807, 2.05) is 0 Å². The molecule has 2 aliphatic heterocycles. The molecule has 2 saturated heterocycles. The molecule has 1 aromatic carbocycles. The maximum absolute atomic E-state index is 12.8. The van der Waals surface area contributed by atoms with Crippen molar-refractivity contribution in [2.45, 2.75) is 37.7 Å². The lowest BCUT2D eigenvalue weighted by Crippen LogP contribution is -2.50. The van der Waals surface area contributed by atoms with Crippen LogP contribution >= 0.6 is 0 Å². The molecule has 2 heterocycles. The van der Waals surface area contributed by atoms with Crippen LogP contribution in [0, 0.1) is 0 Å². The van der Waals surface area contributed by atoms with Crippen molar-refractivity contribution in [3.05, 3.63) is 35.4 Å². The number of piperidine rings is 1. The van der Waals surface area contributed by atoms with E-state index in [9.17, 15) is 18.0 Å². The first kappa shape index (κ1) is 19.1. The van der Waals surface area contributed by atoms with Gasteiger partial charge in [0.1, 0.15) is 0 Å². The SMILES string of the molecule is O=C(NC1CCN(Cc2cccc(C(F)(F)F)c2)CC1)C1COCCO1. The molecule has 1 aromatic rings. The third-order valence-electron chi connectivity index (χ3n) is 4.70. The molecule has 0 bridgehead atoms. The van der Waals surface area contributed by atoms with Crippen molar-refractivity contribution in [3.63, 3.8) is 0 Å². The van der Waals surface area contributed by atoms with E-state index in [1.165, 1.54) is 12.1 Å². The largest absolute Gasteiger partial charge is 0.416 e. The summed E-state index contributed by atoms with van der Waals surface area (Å²) in [6, 6.07) is 5.50. The van der Waals surface area contributed by atoms with Crippen LogP contribution in [0.5, 0.6) is 0 Å². The van der Waals surface area contributed by atoms with Crippen molar-refractivity contribution in [1.29, 1.82) is 0 Å². The molecule has 1 atom stereocenters. The number of alkyl halides is 3. The van der Waals surface area contributed by atoms with Crippen LogP contribution in [0.1, 0.15) is 24.0 Å². The lowest BCUT2D eigenvalue weighted by molar-refractivity contribution is -0.148. The monoisotopic (exact) mass is 372 g/mol. The van der Waals surface area contributed by atoms with Crippen molar-refractivity contribution in [2.24, 2.45) is 0 Å². The number of hydrogen-bond donors (Lipinski definition) is 1. The summed E-state index contributed by atoms with van der Waals surface area (Å²) in [4.78, 5) is 14.2. The Bertz CT molecular complexity index is 610. The van der Waals surface area contributed by atoms with Gasteiger partial charge in [-0.1, -0.05) is 18.2 Å². The summed E-state index contributed by atoms with van der Waals surface area (Å²) < 4.78 is 49.0. The van der Waals surface area contributed by atoms with Crippen LogP contribution in [-0.4, -0.2) is 55.9 Å². The average molecular weight is 372 g/mol. The Balaban J connectivity index is 1.46. The minimum absolute atomic E-state index is 0.0609. The smallest absolute Gasteiger partial charge is 0.376 e. The number of likely N-dealkylation sites (tertiary alicyclic amines) is 1. The van der Waals surface area contributed by atoms with Gasteiger partial charge in [0.05, 0.1) is 25.4 Å². The predicted octanol–water partition coefficient (Wildman–Crippen LogP) is 2.20. The summed E-state index contributed by atoms with van der Waals surface area (Å²) in [5.74, 6) is -0.152. The van der Waals surface area contributed by atoms with Crippen LogP contribution in [-0.2, 0) is 27.0 Å². The summed E-state index contributed by atoms with van der Waals surface area (Å²) in [5.41, 5.74) is 0.0296. The number of nitrogens with zero attached hydrogens (tertiary/aromatic N) is 1. The van der Waals surface area contributed by atoms with E-state index in [4.69, 9.17) is 9.47 Å². The van der Waals surface area contributed by atoms with Crippen LogP contribution in [0.15, 0.2) is 24.3 Å². The fraction of sp³-hybridized carbons (Fsp3) is 0.611. The zero-order chi connectivity index (χ0) is 18.6. The van der Waals surface area contributed by atoms with Crippen molar-refractivity contribution in [2.75, 3.05) is 32.9 Å². The molecule has 5 nitrogen and oxygen atoms in total. The summed E-state index contributed by atoms with van der Waals surface area (Å²) in [5, 5.41) is 2.98. The van der Waals surface area contributed by atoms with E-state index < -0.39 is 17.8 Å². The van der Waals surface area contributed by atoms with Gasteiger partial charge in [0, 0.05) is 25.7 Å². The average Bonchev–Trinajstić information content (AvgIpc) is 2.63. The molecule has 0 saturated carbocycles. The summed E-state index contributed by atoms with van der Waals surface area (Å²) in [6.45, 7) is 3.14. The number of amides is 1. The van der Waals surface area contributed by atoms with Gasteiger partial charge in [-0.05, 0) is 24.5 Å². The number of benzene rings is 1. The van der Waals surface area contributed by atoms with Gasteiger partial charge in [-0.25, -0.2) is 0 Å². The molecule has 1 unspecified atom stereocenters. The van der Waals surface area contributed by atoms with Gasteiger partial charge in [-0.2, -0.15) is 13.2 Å². The Morgan fingerprint density at radius 2 is 2.00 bits per heavy atom. The summed E-state index contributed by atoms with van der Waals surface area (Å²) >= 11 is 0. The second-order valence-electron chi connectivity index (χ2n) is 6.69. The molecule has 2 aliphatic rings. The third-order valence-corrected chi connectivity index (χ3v) is 4.70. The number of carbonyl (C=O) groups excluding carboxylic acids is 1. The van der Waals surface area contributed by atoms with Gasteiger partial charge in [-0.15, -0.1) is 0 Å². The van der Waals surface area contributed by atoms with Gasteiger partial charge < -0.3 is 14.8 Å². The molecule has 0 aromatic heterocycles. The zero-order valence-electron chi connectivity index (χ0n) is 14.4. The molecule has 8 heteroatoms. The first-order valence-corrected chi connectivity index (χ1v) is 8.80. The quantitative estimate of drug-likeness (QED) is 0.881. The highest BCUT2D eigenvalue weighted by atomic mass is 19.4. The number of ether oxygens (including phenoxy) is 2. The molecule has 3 rings (SSSR count). The second-order valence-corrected chi connectivity index (χ2v) is 6.69. The van der Waals surface area contributed by atoms with Gasteiger partial charge in [-0.3, -0.25) is 9.69 Å². The molecule has 0 aliphatic carbocycles. The molecule has 1 amide bonds. The predicted molar refractivity (Wildman–Crippen MR) is 88.4 cm³/mol. The topological polar surface area (TPSA) is 50.8 Å². The highest BCUT2D eigenvalue weighted by Crippen LogP contribution is 2.30.